The van der Waals surface area contributed by atoms with Crippen LogP contribution in [0.4, 0.5) is 0 Å². The molecule has 0 unspecified atom stereocenters. The van der Waals surface area contributed by atoms with Gasteiger partial charge in [0.15, 0.2) is 0 Å². The van der Waals surface area contributed by atoms with Crippen LogP contribution in [0.2, 0.25) is 0 Å². The predicted octanol–water partition coefficient (Wildman–Crippen LogP) is 3.91. The van der Waals surface area contributed by atoms with Gasteiger partial charge in [-0.25, -0.2) is 0 Å². The lowest BCUT2D eigenvalue weighted by Gasteiger charge is -2.30. The van der Waals surface area contributed by atoms with Crippen molar-refractivity contribution in [3.05, 3.63) is 20.9 Å². The number of thiophene rings is 1. The molecule has 0 aliphatic heterocycles. The second kappa shape index (κ2) is 4.26. The highest BCUT2D eigenvalue weighted by Crippen LogP contribution is 2.34. The zero-order valence-electron chi connectivity index (χ0n) is 11.0. The first-order valence-corrected chi connectivity index (χ1v) is 6.42. The molecule has 1 aromatic heterocycles. The predicted molar refractivity (Wildman–Crippen MR) is 69.8 cm³/mol. The van der Waals surface area contributed by atoms with Gasteiger partial charge in [-0.1, -0.05) is 13.8 Å². The molecule has 86 valence electrons. The first-order valence-electron chi connectivity index (χ1n) is 5.60. The average Bonchev–Trinajstić information content (AvgIpc) is 2.23. The summed E-state index contributed by atoms with van der Waals surface area (Å²) < 4.78 is 0. The maximum absolute atomic E-state index is 3.64. The third-order valence-electron chi connectivity index (χ3n) is 2.84. The van der Waals surface area contributed by atoms with Gasteiger partial charge in [-0.15, -0.1) is 11.3 Å². The SMILES string of the molecule is Cc1sc(C)c(C(C)(C)NC(C)C)c1C. The normalized spacial score (nSPS) is 12.5. The number of nitrogens with one attached hydrogen (secondary N) is 1. The van der Waals surface area contributed by atoms with Gasteiger partial charge in [0.25, 0.3) is 0 Å². The summed E-state index contributed by atoms with van der Waals surface area (Å²) in [6, 6.07) is 0.513. The number of hydrogen-bond acceptors (Lipinski definition) is 2. The molecule has 0 aliphatic rings. The van der Waals surface area contributed by atoms with Gasteiger partial charge in [0.1, 0.15) is 0 Å². The van der Waals surface area contributed by atoms with Crippen molar-refractivity contribution >= 4 is 11.3 Å². The summed E-state index contributed by atoms with van der Waals surface area (Å²) in [7, 11) is 0. The fourth-order valence-electron chi connectivity index (χ4n) is 2.50. The molecular formula is C13H23NS. The Kier molecular flexibility index (Phi) is 3.62. The van der Waals surface area contributed by atoms with Gasteiger partial charge in [-0.2, -0.15) is 0 Å². The van der Waals surface area contributed by atoms with Gasteiger partial charge in [0.05, 0.1) is 0 Å². The molecule has 2 heteroatoms. The van der Waals surface area contributed by atoms with Crippen LogP contribution >= 0.6 is 11.3 Å². The lowest BCUT2D eigenvalue weighted by Crippen LogP contribution is -2.41. The summed E-state index contributed by atoms with van der Waals surface area (Å²) in [6.07, 6.45) is 0. The molecule has 0 saturated carbocycles. The molecule has 0 saturated heterocycles. The van der Waals surface area contributed by atoms with Crippen LogP contribution in [0.3, 0.4) is 0 Å². The summed E-state index contributed by atoms with van der Waals surface area (Å²) >= 11 is 1.91. The third kappa shape index (κ3) is 2.61. The maximum Gasteiger partial charge on any atom is 0.0393 e. The van der Waals surface area contributed by atoms with Gasteiger partial charge in [0, 0.05) is 21.3 Å². The minimum atomic E-state index is 0.0765. The summed E-state index contributed by atoms with van der Waals surface area (Å²) in [5.74, 6) is 0. The molecule has 0 aromatic carbocycles. The topological polar surface area (TPSA) is 12.0 Å². The number of hydrogen-bond donors (Lipinski definition) is 1. The van der Waals surface area contributed by atoms with Gasteiger partial charge in [-0.3, -0.25) is 0 Å². The molecule has 0 aliphatic carbocycles. The van der Waals surface area contributed by atoms with Crippen LogP contribution in [0.15, 0.2) is 0 Å². The summed E-state index contributed by atoms with van der Waals surface area (Å²) in [4.78, 5) is 2.89. The van der Waals surface area contributed by atoms with Crippen LogP contribution in [0, 0.1) is 20.8 Å². The second-order valence-corrected chi connectivity index (χ2v) is 6.57. The fourth-order valence-corrected chi connectivity index (χ4v) is 3.72. The van der Waals surface area contributed by atoms with E-state index in [1.54, 1.807) is 0 Å². The smallest absolute Gasteiger partial charge is 0.0393 e. The molecule has 0 bridgehead atoms. The quantitative estimate of drug-likeness (QED) is 0.822. The van der Waals surface area contributed by atoms with E-state index in [1.807, 2.05) is 11.3 Å². The largest absolute Gasteiger partial charge is 0.306 e. The van der Waals surface area contributed by atoms with Crippen molar-refractivity contribution < 1.29 is 0 Å². The summed E-state index contributed by atoms with van der Waals surface area (Å²) in [5.41, 5.74) is 3.02. The van der Waals surface area contributed by atoms with E-state index in [-0.39, 0.29) is 5.54 Å². The second-order valence-electron chi connectivity index (χ2n) is 5.14. The van der Waals surface area contributed by atoms with E-state index < -0.39 is 0 Å². The van der Waals surface area contributed by atoms with E-state index in [1.165, 1.54) is 20.9 Å². The van der Waals surface area contributed by atoms with Gasteiger partial charge >= 0.3 is 0 Å². The van der Waals surface area contributed by atoms with Crippen LogP contribution in [-0.2, 0) is 5.54 Å². The van der Waals surface area contributed by atoms with E-state index >= 15 is 0 Å². The first-order chi connectivity index (χ1) is 6.75. The van der Waals surface area contributed by atoms with Gasteiger partial charge < -0.3 is 5.32 Å². The molecule has 0 atom stereocenters. The highest BCUT2D eigenvalue weighted by Gasteiger charge is 2.26. The molecule has 0 radical (unpaired) electrons. The van der Waals surface area contributed by atoms with Crippen molar-refractivity contribution in [1.29, 1.82) is 0 Å². The van der Waals surface area contributed by atoms with Crippen LogP contribution in [-0.4, -0.2) is 6.04 Å². The van der Waals surface area contributed by atoms with Crippen molar-refractivity contribution in [2.45, 2.75) is 60.0 Å². The molecule has 0 fully saturated rings. The molecule has 1 rings (SSSR count). The lowest BCUT2D eigenvalue weighted by atomic mass is 9.90. The van der Waals surface area contributed by atoms with Crippen LogP contribution in [0.5, 0.6) is 0 Å². The van der Waals surface area contributed by atoms with E-state index in [2.05, 4.69) is 53.8 Å². The molecule has 0 spiro atoms. The summed E-state index contributed by atoms with van der Waals surface area (Å²) in [5, 5.41) is 3.64. The van der Waals surface area contributed by atoms with Crippen molar-refractivity contribution in [2.75, 3.05) is 0 Å². The maximum atomic E-state index is 3.64. The van der Waals surface area contributed by atoms with Crippen molar-refractivity contribution in [3.8, 4) is 0 Å². The molecular weight excluding hydrogens is 202 g/mol. The molecule has 1 aromatic rings. The van der Waals surface area contributed by atoms with E-state index in [0.717, 1.165) is 0 Å². The Morgan fingerprint density at radius 1 is 1.07 bits per heavy atom. The van der Waals surface area contributed by atoms with E-state index in [4.69, 9.17) is 0 Å². The Hall–Kier alpha value is -0.340. The first kappa shape index (κ1) is 12.7. The zero-order valence-corrected chi connectivity index (χ0v) is 11.8. The van der Waals surface area contributed by atoms with Gasteiger partial charge in [0.2, 0.25) is 0 Å². The highest BCUT2D eigenvalue weighted by molar-refractivity contribution is 7.12. The average molecular weight is 225 g/mol. The van der Waals surface area contributed by atoms with E-state index in [9.17, 15) is 0 Å². The molecule has 1 nitrogen and oxygen atoms in total. The number of rotatable bonds is 3. The van der Waals surface area contributed by atoms with Crippen molar-refractivity contribution in [1.82, 2.24) is 5.32 Å². The van der Waals surface area contributed by atoms with Crippen LogP contribution in [0.25, 0.3) is 0 Å². The van der Waals surface area contributed by atoms with E-state index in [0.29, 0.717) is 6.04 Å². The molecule has 1 heterocycles. The van der Waals surface area contributed by atoms with Crippen LogP contribution < -0.4 is 5.32 Å². The minimum absolute atomic E-state index is 0.0765. The van der Waals surface area contributed by atoms with Crippen molar-refractivity contribution in [3.63, 3.8) is 0 Å². The van der Waals surface area contributed by atoms with Crippen LogP contribution in [0.1, 0.15) is 48.6 Å². The molecule has 15 heavy (non-hydrogen) atoms. The Bertz CT molecular complexity index is 348. The summed E-state index contributed by atoms with van der Waals surface area (Å²) in [6.45, 7) is 15.6. The lowest BCUT2D eigenvalue weighted by molar-refractivity contribution is 0.364. The Morgan fingerprint density at radius 3 is 1.93 bits per heavy atom. The monoisotopic (exact) mass is 225 g/mol. The molecule has 1 N–H and O–H groups in total. The standard InChI is InChI=1S/C13H23NS/c1-8(2)14-13(6,7)12-9(3)10(4)15-11(12)5/h8,14H,1-7H3. The van der Waals surface area contributed by atoms with Crippen molar-refractivity contribution in [2.24, 2.45) is 0 Å². The minimum Gasteiger partial charge on any atom is -0.306 e. The third-order valence-corrected chi connectivity index (χ3v) is 3.96. The van der Waals surface area contributed by atoms with Gasteiger partial charge in [-0.05, 0) is 45.7 Å². The molecule has 0 amide bonds. The Balaban J connectivity index is 3.14. The Morgan fingerprint density at radius 2 is 1.60 bits per heavy atom. The number of aryl methyl sites for hydroxylation is 2. The highest BCUT2D eigenvalue weighted by atomic mass is 32.1. The Labute approximate surface area is 97.9 Å². The zero-order chi connectivity index (χ0) is 11.8. The fraction of sp³-hybridized carbons (Fsp3) is 0.692.